The van der Waals surface area contributed by atoms with Crippen molar-refractivity contribution < 1.29 is 4.57 Å². The Morgan fingerprint density at radius 1 is 1.25 bits per heavy atom. The molecule has 0 aromatic heterocycles. The minimum absolute atomic E-state index is 0. The molecular weight excluding hydrogens is 144 g/mol. The molecule has 4 heavy (non-hydrogen) atoms. The van der Waals surface area contributed by atoms with E-state index in [1.165, 1.54) is 0 Å². The molecule has 0 amide bonds. The zero-order valence-electron chi connectivity index (χ0n) is 0.908. The van der Waals surface area contributed by atoms with Gasteiger partial charge in [0.15, 0.2) is 17.4 Å². The van der Waals surface area contributed by atoms with E-state index in [4.69, 9.17) is 4.57 Å². The molecule has 0 saturated carbocycles. The molecule has 0 N–H and O–H groups in total. The van der Waals surface area contributed by atoms with E-state index in [1.54, 1.807) is 9.12 Å². The van der Waals surface area contributed by atoms with Crippen LogP contribution in [-0.4, -0.2) is 37.2 Å². The maximum absolute atomic E-state index is 8.06. The Hall–Kier alpha value is 1.27. The summed E-state index contributed by atoms with van der Waals surface area (Å²) in [5.74, 6) is 0. The summed E-state index contributed by atoms with van der Waals surface area (Å²) in [6.07, 6.45) is 0. The van der Waals surface area contributed by atoms with Crippen LogP contribution in [0.5, 0.6) is 0 Å². The molecule has 0 aliphatic heterocycles. The molecule has 0 rings (SSSR count). The molecule has 0 aromatic rings. The number of hydrogen-bond donors (Lipinski definition) is 0. The van der Waals surface area contributed by atoms with Gasteiger partial charge in [-0.15, -0.1) is 0 Å². The Morgan fingerprint density at radius 3 is 1.25 bits per heavy atom. The molecule has 0 fully saturated rings. The number of hydrogen-bond acceptors (Lipinski definition) is 1. The zero-order chi connectivity index (χ0) is 2.00. The minimum atomic E-state index is 0. The summed E-state index contributed by atoms with van der Waals surface area (Å²) < 4.78 is 8.06. The van der Waals surface area contributed by atoms with Crippen molar-refractivity contribution in [2.24, 2.45) is 0 Å². The van der Waals surface area contributed by atoms with Crippen LogP contribution in [-0.2, 0) is 4.57 Å². The van der Waals surface area contributed by atoms with Crippen LogP contribution < -0.4 is 0 Å². The van der Waals surface area contributed by atoms with Gasteiger partial charge in [0, 0.05) is 0 Å². The van der Waals surface area contributed by atoms with Gasteiger partial charge in [0.25, 0.3) is 0 Å². The zero-order valence-corrected chi connectivity index (χ0v) is 1.91. The van der Waals surface area contributed by atoms with Gasteiger partial charge >= 0.3 is 19.8 Å². The summed E-state index contributed by atoms with van der Waals surface area (Å²) >= 11 is 0. The third kappa shape index (κ3) is 10.5. The third-order valence-corrected chi connectivity index (χ3v) is 0. The van der Waals surface area contributed by atoms with Crippen molar-refractivity contribution in [3.05, 3.63) is 0 Å². The summed E-state index contributed by atoms with van der Waals surface area (Å²) in [7, 11) is 1.72. The first kappa shape index (κ1) is 18.7. The fourth-order valence-electron chi connectivity index (χ4n) is 0. The monoisotopic (exact) mass is 150 g/mol. The van der Waals surface area contributed by atoms with Crippen molar-refractivity contribution >= 4 is 46.3 Å². The van der Waals surface area contributed by atoms with Gasteiger partial charge in [-0.2, -0.15) is 0 Å². The van der Waals surface area contributed by atoms with Crippen molar-refractivity contribution in [2.45, 2.75) is 0 Å². The fourth-order valence-corrected chi connectivity index (χ4v) is 0. The predicted molar refractivity (Wildman–Crippen MR) is 28.9 cm³/mol. The molecule has 0 bridgehead atoms. The maximum atomic E-state index is 8.06. The van der Waals surface area contributed by atoms with Gasteiger partial charge in [0.1, 0.15) is 9.12 Å². The van der Waals surface area contributed by atoms with E-state index in [0.29, 0.717) is 0 Å². The van der Waals surface area contributed by atoms with Gasteiger partial charge in [0.2, 0.25) is 0 Å². The molecule has 1 nitrogen and oxygen atoms in total. The average Bonchev–Trinajstić information content (AvgIpc) is 1.00. The Morgan fingerprint density at radius 2 is 1.25 bits per heavy atom. The van der Waals surface area contributed by atoms with Crippen LogP contribution in [0.15, 0.2) is 0 Å². The molecule has 0 aliphatic rings. The second-order valence-corrected chi connectivity index (χ2v) is 0. The molecule has 4 heteroatoms. The SMILES string of the molecule is O=P.[AlH3].[GaH3]. The van der Waals surface area contributed by atoms with E-state index in [1.807, 2.05) is 0 Å². The molecule has 0 radical (unpaired) electrons. The van der Waals surface area contributed by atoms with Crippen LogP contribution in [0, 0.1) is 0 Å². The standard InChI is InChI=1S/Al.Ga.HOP.6H/c;;1-2;;;;;;/h;;2H;;;;;;. The van der Waals surface area contributed by atoms with Crippen LogP contribution in [0.4, 0.5) is 0 Å². The number of rotatable bonds is 0. The van der Waals surface area contributed by atoms with Crippen LogP contribution >= 0.6 is 9.12 Å². The van der Waals surface area contributed by atoms with Crippen molar-refractivity contribution in [3.8, 4) is 0 Å². The van der Waals surface area contributed by atoms with Gasteiger partial charge in [-0.05, 0) is 0 Å². The van der Waals surface area contributed by atoms with Crippen molar-refractivity contribution in [1.82, 2.24) is 0 Å². The molecular formula is H7AlGaOP. The van der Waals surface area contributed by atoms with E-state index in [2.05, 4.69) is 0 Å². The summed E-state index contributed by atoms with van der Waals surface area (Å²) in [5, 5.41) is 0. The molecule has 24 valence electrons. The van der Waals surface area contributed by atoms with E-state index >= 15 is 0 Å². The molecule has 0 unspecified atom stereocenters. The van der Waals surface area contributed by atoms with Crippen LogP contribution in [0.2, 0.25) is 0 Å². The summed E-state index contributed by atoms with van der Waals surface area (Å²) in [6, 6.07) is 0. The van der Waals surface area contributed by atoms with Crippen LogP contribution in [0.3, 0.4) is 0 Å². The second-order valence-electron chi connectivity index (χ2n) is 0. The Kier molecular flexibility index (Phi) is 132. The van der Waals surface area contributed by atoms with E-state index in [-0.39, 0.29) is 37.2 Å². The van der Waals surface area contributed by atoms with Gasteiger partial charge in [0.05, 0.1) is 0 Å². The topological polar surface area (TPSA) is 17.1 Å². The average molecular weight is 151 g/mol. The first-order chi connectivity index (χ1) is 1.00. The summed E-state index contributed by atoms with van der Waals surface area (Å²) in [4.78, 5) is 0. The third-order valence-electron chi connectivity index (χ3n) is 0. The Balaban J connectivity index is -0.00000000500. The van der Waals surface area contributed by atoms with Gasteiger partial charge in [-0.3, -0.25) is 4.57 Å². The fraction of sp³-hybridized carbons (Fsp3) is 0. The molecule has 0 heterocycles. The normalized spacial score (nSPS) is 1.00. The van der Waals surface area contributed by atoms with E-state index < -0.39 is 0 Å². The molecule has 0 aromatic carbocycles. The Labute approximate surface area is 51.0 Å². The molecule has 0 aliphatic carbocycles. The van der Waals surface area contributed by atoms with Gasteiger partial charge < -0.3 is 0 Å². The second kappa shape index (κ2) is 28.3. The van der Waals surface area contributed by atoms with Gasteiger partial charge in [-0.1, -0.05) is 0 Å². The Bertz CT molecular complexity index is 8.00. The summed E-state index contributed by atoms with van der Waals surface area (Å²) in [6.45, 7) is 0. The van der Waals surface area contributed by atoms with Crippen LogP contribution in [0.1, 0.15) is 0 Å². The molecule has 0 saturated heterocycles. The molecule has 0 spiro atoms. The van der Waals surface area contributed by atoms with E-state index in [0.717, 1.165) is 0 Å². The van der Waals surface area contributed by atoms with Crippen molar-refractivity contribution in [3.63, 3.8) is 0 Å². The van der Waals surface area contributed by atoms with Crippen molar-refractivity contribution in [1.29, 1.82) is 0 Å². The van der Waals surface area contributed by atoms with Crippen LogP contribution in [0.25, 0.3) is 0 Å². The van der Waals surface area contributed by atoms with Gasteiger partial charge in [-0.25, -0.2) is 0 Å². The first-order valence-corrected chi connectivity index (χ1v) is 0.612. The van der Waals surface area contributed by atoms with Crippen molar-refractivity contribution in [2.75, 3.05) is 0 Å². The molecule has 0 atom stereocenters. The quantitative estimate of drug-likeness (QED) is 0.292. The van der Waals surface area contributed by atoms with E-state index in [9.17, 15) is 0 Å². The predicted octanol–water partition coefficient (Wildman–Crippen LogP) is -1.89. The first-order valence-electron chi connectivity index (χ1n) is 0.204. The summed E-state index contributed by atoms with van der Waals surface area (Å²) in [5.41, 5.74) is 0.